The molecule has 1 heterocycles. The van der Waals surface area contributed by atoms with Crippen molar-refractivity contribution in [1.29, 1.82) is 0 Å². The molecule has 18 heavy (non-hydrogen) atoms. The monoisotopic (exact) mass is 253 g/mol. The molecule has 2 aliphatic rings. The molecule has 3 nitrogen and oxygen atoms in total. The molecule has 106 valence electrons. The maximum absolute atomic E-state index is 6.32. The molecule has 1 saturated carbocycles. The van der Waals surface area contributed by atoms with Crippen molar-refractivity contribution in [3.8, 4) is 0 Å². The predicted octanol–water partition coefficient (Wildman–Crippen LogP) is 1.78. The van der Waals surface area contributed by atoms with Crippen LogP contribution in [0.5, 0.6) is 0 Å². The molecule has 0 radical (unpaired) electrons. The molecule has 2 rings (SSSR count). The summed E-state index contributed by atoms with van der Waals surface area (Å²) in [5, 5.41) is 0. The zero-order valence-electron chi connectivity index (χ0n) is 12.3. The molecule has 0 aromatic carbocycles. The van der Waals surface area contributed by atoms with Gasteiger partial charge in [-0.2, -0.15) is 0 Å². The summed E-state index contributed by atoms with van der Waals surface area (Å²) < 4.78 is 0. The minimum Gasteiger partial charge on any atom is -0.327 e. The van der Waals surface area contributed by atoms with Gasteiger partial charge in [0.15, 0.2) is 0 Å². The second-order valence-corrected chi connectivity index (χ2v) is 6.70. The van der Waals surface area contributed by atoms with Crippen LogP contribution in [-0.2, 0) is 0 Å². The molecule has 3 unspecified atom stereocenters. The van der Waals surface area contributed by atoms with E-state index in [2.05, 4.69) is 23.9 Å². The normalized spacial score (nSPS) is 35.0. The number of nitrogens with zero attached hydrogens (tertiary/aromatic N) is 2. The van der Waals surface area contributed by atoms with Crippen LogP contribution in [0.3, 0.4) is 0 Å². The lowest BCUT2D eigenvalue weighted by molar-refractivity contribution is 0.214. The highest BCUT2D eigenvalue weighted by Gasteiger charge is 2.24. The second kappa shape index (κ2) is 6.88. The Hall–Kier alpha value is -0.120. The third-order valence-corrected chi connectivity index (χ3v) is 4.82. The summed E-state index contributed by atoms with van der Waals surface area (Å²) in [6, 6.07) is 0.446. The van der Waals surface area contributed by atoms with Gasteiger partial charge in [0.25, 0.3) is 0 Å². The van der Waals surface area contributed by atoms with E-state index in [0.717, 1.165) is 11.8 Å². The molecule has 1 aliphatic carbocycles. The molecular formula is C15H31N3. The summed E-state index contributed by atoms with van der Waals surface area (Å²) in [5.74, 6) is 1.61. The molecule has 0 aromatic heterocycles. The maximum atomic E-state index is 6.32. The van der Waals surface area contributed by atoms with E-state index in [4.69, 9.17) is 5.73 Å². The molecule has 1 aliphatic heterocycles. The molecule has 3 heteroatoms. The van der Waals surface area contributed by atoms with Crippen LogP contribution in [0.1, 0.15) is 38.5 Å². The van der Waals surface area contributed by atoms with Gasteiger partial charge in [-0.05, 0) is 51.7 Å². The van der Waals surface area contributed by atoms with E-state index < -0.39 is 0 Å². The highest BCUT2D eigenvalue weighted by Crippen LogP contribution is 2.23. The van der Waals surface area contributed by atoms with Crippen LogP contribution in [0.4, 0.5) is 0 Å². The van der Waals surface area contributed by atoms with E-state index >= 15 is 0 Å². The molecule has 0 aromatic rings. The van der Waals surface area contributed by atoms with Crippen molar-refractivity contribution in [3.05, 3.63) is 0 Å². The fourth-order valence-electron chi connectivity index (χ4n) is 3.73. The maximum Gasteiger partial charge on any atom is 0.00793 e. The summed E-state index contributed by atoms with van der Waals surface area (Å²) >= 11 is 0. The number of hydrogen-bond acceptors (Lipinski definition) is 3. The molecule has 3 atom stereocenters. The van der Waals surface area contributed by atoms with Gasteiger partial charge in [-0.3, -0.25) is 0 Å². The number of likely N-dealkylation sites (tertiary alicyclic amines) is 1. The fourth-order valence-corrected chi connectivity index (χ4v) is 3.73. The van der Waals surface area contributed by atoms with E-state index in [1.807, 2.05) is 0 Å². The highest BCUT2D eigenvalue weighted by molar-refractivity contribution is 4.81. The Labute approximate surface area is 113 Å². The lowest BCUT2D eigenvalue weighted by Crippen LogP contribution is -2.39. The third-order valence-electron chi connectivity index (χ3n) is 4.82. The molecule has 0 spiro atoms. The Morgan fingerprint density at radius 1 is 1.11 bits per heavy atom. The fraction of sp³-hybridized carbons (Fsp3) is 1.00. The number of nitrogens with two attached hydrogens (primary N) is 1. The van der Waals surface area contributed by atoms with Crippen molar-refractivity contribution in [3.63, 3.8) is 0 Å². The van der Waals surface area contributed by atoms with Gasteiger partial charge < -0.3 is 15.5 Å². The van der Waals surface area contributed by atoms with E-state index in [0.29, 0.717) is 6.04 Å². The highest BCUT2D eigenvalue weighted by atomic mass is 15.1. The Bertz CT molecular complexity index is 244. The van der Waals surface area contributed by atoms with E-state index in [1.165, 1.54) is 64.7 Å². The van der Waals surface area contributed by atoms with Gasteiger partial charge in [0.05, 0.1) is 0 Å². The van der Waals surface area contributed by atoms with E-state index in [9.17, 15) is 0 Å². The van der Waals surface area contributed by atoms with Crippen molar-refractivity contribution < 1.29 is 0 Å². The Balaban J connectivity index is 1.73. The van der Waals surface area contributed by atoms with Crippen molar-refractivity contribution in [2.75, 3.05) is 40.3 Å². The standard InChI is InChI=1S/C15H31N3/c1-17-9-8-13(10-17)11-18(2)12-14-6-4-3-5-7-15(14)16/h13-15H,3-12,16H2,1-2H3. The Kier molecular flexibility index (Phi) is 5.46. The molecular weight excluding hydrogens is 222 g/mol. The summed E-state index contributed by atoms with van der Waals surface area (Å²) in [6.45, 7) is 5.03. The Morgan fingerprint density at radius 2 is 1.89 bits per heavy atom. The largest absolute Gasteiger partial charge is 0.327 e. The van der Waals surface area contributed by atoms with E-state index in [1.54, 1.807) is 0 Å². The Morgan fingerprint density at radius 3 is 2.61 bits per heavy atom. The predicted molar refractivity (Wildman–Crippen MR) is 77.7 cm³/mol. The summed E-state index contributed by atoms with van der Waals surface area (Å²) in [6.07, 6.45) is 8.08. The number of hydrogen-bond donors (Lipinski definition) is 1. The summed E-state index contributed by atoms with van der Waals surface area (Å²) in [5.41, 5.74) is 6.32. The molecule has 2 fully saturated rings. The molecule has 0 amide bonds. The zero-order chi connectivity index (χ0) is 13.0. The lowest BCUT2D eigenvalue weighted by atomic mass is 9.94. The average molecular weight is 253 g/mol. The van der Waals surface area contributed by atoms with Gasteiger partial charge in [0.2, 0.25) is 0 Å². The SMILES string of the molecule is CN1CCC(CN(C)CC2CCCCCC2N)C1. The minimum atomic E-state index is 0.446. The quantitative estimate of drug-likeness (QED) is 0.775. The van der Waals surface area contributed by atoms with Crippen LogP contribution in [0.2, 0.25) is 0 Å². The van der Waals surface area contributed by atoms with Crippen molar-refractivity contribution in [1.82, 2.24) is 9.80 Å². The first kappa shape index (κ1) is 14.3. The van der Waals surface area contributed by atoms with Crippen LogP contribution in [-0.4, -0.2) is 56.1 Å². The first-order valence-electron chi connectivity index (χ1n) is 7.78. The number of rotatable bonds is 4. The van der Waals surface area contributed by atoms with Gasteiger partial charge in [0.1, 0.15) is 0 Å². The van der Waals surface area contributed by atoms with Crippen molar-refractivity contribution in [2.45, 2.75) is 44.6 Å². The minimum absolute atomic E-state index is 0.446. The van der Waals surface area contributed by atoms with Crippen LogP contribution in [0, 0.1) is 11.8 Å². The van der Waals surface area contributed by atoms with E-state index in [-0.39, 0.29) is 0 Å². The second-order valence-electron chi connectivity index (χ2n) is 6.70. The van der Waals surface area contributed by atoms with Crippen LogP contribution in [0.15, 0.2) is 0 Å². The van der Waals surface area contributed by atoms with Gasteiger partial charge in [0, 0.05) is 25.7 Å². The average Bonchev–Trinajstić information content (AvgIpc) is 2.61. The van der Waals surface area contributed by atoms with Crippen LogP contribution < -0.4 is 5.73 Å². The van der Waals surface area contributed by atoms with Gasteiger partial charge in [-0.1, -0.05) is 19.3 Å². The van der Waals surface area contributed by atoms with Gasteiger partial charge in [-0.15, -0.1) is 0 Å². The summed E-state index contributed by atoms with van der Waals surface area (Å²) in [7, 11) is 4.52. The third kappa shape index (κ3) is 4.22. The van der Waals surface area contributed by atoms with Crippen molar-refractivity contribution >= 4 is 0 Å². The molecule has 0 bridgehead atoms. The first-order valence-corrected chi connectivity index (χ1v) is 7.78. The lowest BCUT2D eigenvalue weighted by Gasteiger charge is -2.28. The topological polar surface area (TPSA) is 32.5 Å². The van der Waals surface area contributed by atoms with Gasteiger partial charge in [-0.25, -0.2) is 0 Å². The van der Waals surface area contributed by atoms with Crippen molar-refractivity contribution in [2.24, 2.45) is 17.6 Å². The molecule has 1 saturated heterocycles. The first-order chi connectivity index (χ1) is 8.65. The smallest absolute Gasteiger partial charge is 0.00793 e. The van der Waals surface area contributed by atoms with Crippen LogP contribution >= 0.6 is 0 Å². The summed E-state index contributed by atoms with van der Waals surface area (Å²) in [4.78, 5) is 5.00. The molecule has 2 N–H and O–H groups in total. The van der Waals surface area contributed by atoms with Crippen LogP contribution in [0.25, 0.3) is 0 Å². The van der Waals surface area contributed by atoms with Gasteiger partial charge >= 0.3 is 0 Å². The zero-order valence-corrected chi connectivity index (χ0v) is 12.3.